The SMILES string of the molecule is Cc1cc(C)c(S(=O)(=O)NCCC(=O)N[C@@H](CC(C)C)C(=O)O)c(C)c1. The third-order valence-electron chi connectivity index (χ3n) is 3.86. The summed E-state index contributed by atoms with van der Waals surface area (Å²) in [5.74, 6) is -1.49. The molecule has 1 rings (SSSR count). The van der Waals surface area contributed by atoms with Gasteiger partial charge in [-0.05, 0) is 44.2 Å². The molecule has 0 aliphatic rings. The third kappa shape index (κ3) is 6.42. The highest BCUT2D eigenvalue weighted by Crippen LogP contribution is 2.21. The first-order valence-electron chi connectivity index (χ1n) is 8.53. The molecule has 7 nitrogen and oxygen atoms in total. The second-order valence-electron chi connectivity index (χ2n) is 6.96. The average Bonchev–Trinajstić information content (AvgIpc) is 2.43. The molecule has 0 fully saturated rings. The summed E-state index contributed by atoms with van der Waals surface area (Å²) >= 11 is 0. The molecule has 1 aromatic carbocycles. The number of aryl methyl sites for hydroxylation is 3. The summed E-state index contributed by atoms with van der Waals surface area (Å²) in [6.45, 7) is 8.97. The third-order valence-corrected chi connectivity index (χ3v) is 5.62. The Bertz CT molecular complexity index is 749. The maximum atomic E-state index is 12.5. The van der Waals surface area contributed by atoms with Crippen LogP contribution in [0.2, 0.25) is 0 Å². The maximum Gasteiger partial charge on any atom is 0.326 e. The molecule has 0 unspecified atom stereocenters. The van der Waals surface area contributed by atoms with Crippen LogP contribution in [-0.2, 0) is 19.6 Å². The van der Waals surface area contributed by atoms with E-state index >= 15 is 0 Å². The molecule has 1 amide bonds. The molecular formula is C18H28N2O5S. The van der Waals surface area contributed by atoms with Gasteiger partial charge in [-0.15, -0.1) is 0 Å². The van der Waals surface area contributed by atoms with Gasteiger partial charge in [-0.25, -0.2) is 17.9 Å². The molecular weight excluding hydrogens is 356 g/mol. The molecule has 0 spiro atoms. The van der Waals surface area contributed by atoms with E-state index in [1.165, 1.54) is 0 Å². The largest absolute Gasteiger partial charge is 0.480 e. The van der Waals surface area contributed by atoms with E-state index in [-0.39, 0.29) is 23.8 Å². The zero-order valence-corrected chi connectivity index (χ0v) is 16.7. The Morgan fingerprint density at radius 1 is 1.12 bits per heavy atom. The Labute approximate surface area is 155 Å². The van der Waals surface area contributed by atoms with E-state index in [1.54, 1.807) is 26.0 Å². The van der Waals surface area contributed by atoms with E-state index in [9.17, 15) is 18.0 Å². The minimum absolute atomic E-state index is 0.102. The summed E-state index contributed by atoms with van der Waals surface area (Å²) in [4.78, 5) is 23.3. The van der Waals surface area contributed by atoms with E-state index in [1.807, 2.05) is 20.8 Å². The van der Waals surface area contributed by atoms with Gasteiger partial charge in [0.2, 0.25) is 15.9 Å². The summed E-state index contributed by atoms with van der Waals surface area (Å²) < 4.78 is 27.4. The average molecular weight is 384 g/mol. The number of hydrogen-bond donors (Lipinski definition) is 3. The van der Waals surface area contributed by atoms with Crippen LogP contribution in [0.4, 0.5) is 0 Å². The molecule has 0 saturated heterocycles. The first-order chi connectivity index (χ1) is 11.9. The van der Waals surface area contributed by atoms with E-state index in [2.05, 4.69) is 10.0 Å². The van der Waals surface area contributed by atoms with Gasteiger partial charge in [-0.2, -0.15) is 0 Å². The number of hydrogen-bond acceptors (Lipinski definition) is 4. The fourth-order valence-corrected chi connectivity index (χ4v) is 4.40. The topological polar surface area (TPSA) is 113 Å². The van der Waals surface area contributed by atoms with Crippen molar-refractivity contribution in [1.82, 2.24) is 10.0 Å². The van der Waals surface area contributed by atoms with Crippen molar-refractivity contribution in [3.63, 3.8) is 0 Å². The van der Waals surface area contributed by atoms with E-state index in [0.717, 1.165) is 5.56 Å². The number of carbonyl (C=O) groups is 2. The number of benzene rings is 1. The van der Waals surface area contributed by atoms with Crippen molar-refractivity contribution in [2.24, 2.45) is 5.92 Å². The van der Waals surface area contributed by atoms with Gasteiger partial charge in [0.25, 0.3) is 0 Å². The highest BCUT2D eigenvalue weighted by molar-refractivity contribution is 7.89. The summed E-state index contributed by atoms with van der Waals surface area (Å²) in [5, 5.41) is 11.6. The number of aliphatic carboxylic acids is 1. The fraction of sp³-hybridized carbons (Fsp3) is 0.556. The molecule has 0 aromatic heterocycles. The van der Waals surface area contributed by atoms with E-state index < -0.39 is 27.9 Å². The quantitative estimate of drug-likeness (QED) is 0.602. The molecule has 0 aliphatic heterocycles. The van der Waals surface area contributed by atoms with Gasteiger partial charge in [0.15, 0.2) is 0 Å². The molecule has 26 heavy (non-hydrogen) atoms. The molecule has 0 radical (unpaired) electrons. The lowest BCUT2D eigenvalue weighted by molar-refractivity contribution is -0.142. The van der Waals surface area contributed by atoms with Gasteiger partial charge in [0.05, 0.1) is 4.90 Å². The number of nitrogens with one attached hydrogen (secondary N) is 2. The van der Waals surface area contributed by atoms with Crippen LogP contribution in [0.5, 0.6) is 0 Å². The maximum absolute atomic E-state index is 12.5. The number of carbonyl (C=O) groups excluding carboxylic acids is 1. The molecule has 0 aliphatic carbocycles. The molecule has 1 atom stereocenters. The predicted molar refractivity (Wildman–Crippen MR) is 99.5 cm³/mol. The lowest BCUT2D eigenvalue weighted by Gasteiger charge is -2.17. The zero-order valence-electron chi connectivity index (χ0n) is 15.9. The highest BCUT2D eigenvalue weighted by Gasteiger charge is 2.22. The van der Waals surface area contributed by atoms with E-state index in [0.29, 0.717) is 17.5 Å². The van der Waals surface area contributed by atoms with Crippen molar-refractivity contribution in [2.75, 3.05) is 6.54 Å². The van der Waals surface area contributed by atoms with Crippen LogP contribution in [0, 0.1) is 26.7 Å². The smallest absolute Gasteiger partial charge is 0.326 e. The first kappa shape index (κ1) is 22.1. The second-order valence-corrected chi connectivity index (χ2v) is 8.67. The van der Waals surface area contributed by atoms with Crippen LogP contribution < -0.4 is 10.0 Å². The Morgan fingerprint density at radius 3 is 2.12 bits per heavy atom. The Kier molecular flexibility index (Phi) is 7.77. The Morgan fingerprint density at radius 2 is 1.65 bits per heavy atom. The number of amides is 1. The number of carboxylic acid groups (broad SMARTS) is 1. The zero-order chi connectivity index (χ0) is 20.1. The Hall–Kier alpha value is -1.93. The van der Waals surface area contributed by atoms with Crippen LogP contribution in [-0.4, -0.2) is 38.0 Å². The van der Waals surface area contributed by atoms with Gasteiger partial charge >= 0.3 is 5.97 Å². The van der Waals surface area contributed by atoms with Crippen LogP contribution in [0.3, 0.4) is 0 Å². The van der Waals surface area contributed by atoms with E-state index in [4.69, 9.17) is 5.11 Å². The molecule has 1 aromatic rings. The normalized spacial score (nSPS) is 12.8. The van der Waals surface area contributed by atoms with Crippen molar-refractivity contribution in [3.8, 4) is 0 Å². The van der Waals surface area contributed by atoms with Crippen molar-refractivity contribution in [1.29, 1.82) is 0 Å². The van der Waals surface area contributed by atoms with Crippen molar-refractivity contribution < 1.29 is 23.1 Å². The lowest BCUT2D eigenvalue weighted by Crippen LogP contribution is -2.42. The monoisotopic (exact) mass is 384 g/mol. The van der Waals surface area contributed by atoms with Gasteiger partial charge in [-0.1, -0.05) is 31.5 Å². The summed E-state index contributed by atoms with van der Waals surface area (Å²) in [5.41, 5.74) is 2.26. The standard InChI is InChI=1S/C18H28N2O5S/c1-11(2)8-15(18(22)23)20-16(21)6-7-19-26(24,25)17-13(4)9-12(3)10-14(17)5/h9-11,15,19H,6-8H2,1-5H3,(H,20,21)(H,22,23)/t15-/m0/s1. The molecule has 3 N–H and O–H groups in total. The fourth-order valence-electron chi connectivity index (χ4n) is 2.92. The van der Waals surface area contributed by atoms with Crippen LogP contribution in [0.25, 0.3) is 0 Å². The lowest BCUT2D eigenvalue weighted by atomic mass is 10.0. The number of rotatable bonds is 9. The van der Waals surface area contributed by atoms with Gasteiger partial charge in [0.1, 0.15) is 6.04 Å². The molecule has 146 valence electrons. The van der Waals surface area contributed by atoms with Crippen molar-refractivity contribution >= 4 is 21.9 Å². The molecule has 0 saturated carbocycles. The predicted octanol–water partition coefficient (Wildman–Crippen LogP) is 1.90. The van der Waals surface area contributed by atoms with Gasteiger partial charge in [0, 0.05) is 13.0 Å². The molecule has 0 heterocycles. The summed E-state index contributed by atoms with van der Waals surface area (Å²) in [7, 11) is -3.74. The highest BCUT2D eigenvalue weighted by atomic mass is 32.2. The minimum Gasteiger partial charge on any atom is -0.480 e. The number of carboxylic acids is 1. The first-order valence-corrected chi connectivity index (χ1v) is 10.0. The summed E-state index contributed by atoms with van der Waals surface area (Å²) in [6.07, 6.45) is 0.180. The number of sulfonamides is 1. The van der Waals surface area contributed by atoms with Crippen molar-refractivity contribution in [2.45, 2.75) is 58.4 Å². The van der Waals surface area contributed by atoms with Crippen LogP contribution in [0.1, 0.15) is 43.4 Å². The minimum atomic E-state index is -3.74. The second kappa shape index (κ2) is 9.14. The molecule has 8 heteroatoms. The van der Waals surface area contributed by atoms with Gasteiger partial charge in [-0.3, -0.25) is 4.79 Å². The van der Waals surface area contributed by atoms with Crippen LogP contribution in [0.15, 0.2) is 17.0 Å². The van der Waals surface area contributed by atoms with Gasteiger partial charge < -0.3 is 10.4 Å². The summed E-state index contributed by atoms with van der Waals surface area (Å²) in [6, 6.07) is 2.61. The Balaban J connectivity index is 2.69. The van der Waals surface area contributed by atoms with Crippen molar-refractivity contribution in [3.05, 3.63) is 28.8 Å². The molecule has 0 bridgehead atoms. The van der Waals surface area contributed by atoms with Crippen LogP contribution >= 0.6 is 0 Å².